The number of benzene rings is 3. The molecule has 5 nitrogen and oxygen atoms in total. The molecule has 0 amide bonds. The molecule has 4 aromatic rings. The van der Waals surface area contributed by atoms with E-state index in [1.165, 1.54) is 16.9 Å². The maximum Gasteiger partial charge on any atom is 0.203 e. The van der Waals surface area contributed by atoms with Gasteiger partial charge in [0.1, 0.15) is 6.61 Å². The Balaban J connectivity index is 1.41. The molecule has 1 N–H and O–H groups in total. The topological polar surface area (TPSA) is 55.7 Å². The van der Waals surface area contributed by atoms with E-state index in [9.17, 15) is 0 Å². The molecule has 0 unspecified atom stereocenters. The third-order valence-electron chi connectivity index (χ3n) is 4.86. The van der Waals surface area contributed by atoms with E-state index in [-0.39, 0.29) is 0 Å². The summed E-state index contributed by atoms with van der Waals surface area (Å²) in [6.45, 7) is 5.09. The summed E-state index contributed by atoms with van der Waals surface area (Å²) in [4.78, 5) is 4.58. The number of aromatic nitrogens is 1. The fourth-order valence-electron chi connectivity index (χ4n) is 3.15. The minimum Gasteiger partial charge on any atom is -0.490 e. The Bertz CT molecular complexity index is 1190. The molecule has 1 aromatic heterocycles. The third kappa shape index (κ3) is 5.53. The largest absolute Gasteiger partial charge is 0.490 e. The van der Waals surface area contributed by atoms with E-state index < -0.39 is 0 Å². The number of hydrogen-bond acceptors (Lipinski definition) is 6. The first-order chi connectivity index (χ1) is 15.7. The number of nitrogens with zero attached hydrogens (tertiary/aromatic N) is 2. The highest BCUT2D eigenvalue weighted by atomic mass is 32.1. The first-order valence-corrected chi connectivity index (χ1v) is 11.3. The maximum absolute atomic E-state index is 6.04. The second kappa shape index (κ2) is 10.6. The van der Waals surface area contributed by atoms with Crippen molar-refractivity contribution in [2.45, 2.75) is 20.5 Å². The molecule has 3 aromatic carbocycles. The molecule has 4 rings (SSSR count). The van der Waals surface area contributed by atoms with E-state index in [1.54, 1.807) is 6.21 Å². The zero-order chi connectivity index (χ0) is 22.2. The third-order valence-corrected chi connectivity index (χ3v) is 5.61. The standard InChI is InChI=1S/C26H25N3O2S/c1-3-30-25-15-20(13-14-24(25)31-17-22-12-8-7-9-19(22)2)16-27-29-26-28-23(18-32-26)21-10-5-4-6-11-21/h4-16,18H,3,17H2,1-2H3,(H,28,29). The highest BCUT2D eigenvalue weighted by Gasteiger charge is 2.08. The summed E-state index contributed by atoms with van der Waals surface area (Å²) < 4.78 is 11.8. The van der Waals surface area contributed by atoms with Crippen LogP contribution in [0.4, 0.5) is 5.13 Å². The number of rotatable bonds is 9. The average molecular weight is 444 g/mol. The summed E-state index contributed by atoms with van der Waals surface area (Å²) in [6, 6.07) is 24.1. The van der Waals surface area contributed by atoms with Crippen molar-refractivity contribution in [3.05, 3.63) is 94.9 Å². The van der Waals surface area contributed by atoms with Crippen molar-refractivity contribution < 1.29 is 9.47 Å². The van der Waals surface area contributed by atoms with Gasteiger partial charge < -0.3 is 9.47 Å². The van der Waals surface area contributed by atoms with Crippen LogP contribution in [0, 0.1) is 6.92 Å². The lowest BCUT2D eigenvalue weighted by molar-refractivity contribution is 0.269. The molecule has 0 atom stereocenters. The molecule has 162 valence electrons. The molecule has 0 aliphatic carbocycles. The smallest absolute Gasteiger partial charge is 0.203 e. The van der Waals surface area contributed by atoms with Crippen LogP contribution in [0.5, 0.6) is 11.5 Å². The van der Waals surface area contributed by atoms with Crippen molar-refractivity contribution in [2.24, 2.45) is 5.10 Å². The zero-order valence-corrected chi connectivity index (χ0v) is 18.9. The summed E-state index contributed by atoms with van der Waals surface area (Å²) >= 11 is 1.52. The van der Waals surface area contributed by atoms with Gasteiger partial charge in [-0.15, -0.1) is 11.3 Å². The highest BCUT2D eigenvalue weighted by molar-refractivity contribution is 7.14. The fourth-order valence-corrected chi connectivity index (χ4v) is 3.82. The lowest BCUT2D eigenvalue weighted by Gasteiger charge is -2.13. The van der Waals surface area contributed by atoms with E-state index in [2.05, 4.69) is 34.6 Å². The quantitative estimate of drug-likeness (QED) is 0.236. The minimum atomic E-state index is 0.496. The van der Waals surface area contributed by atoms with Gasteiger partial charge >= 0.3 is 0 Å². The first-order valence-electron chi connectivity index (χ1n) is 10.5. The Labute approximate surface area is 192 Å². The number of thiazole rings is 1. The summed E-state index contributed by atoms with van der Waals surface area (Å²) in [6.07, 6.45) is 1.75. The van der Waals surface area contributed by atoms with Crippen LogP contribution >= 0.6 is 11.3 Å². The van der Waals surface area contributed by atoms with E-state index in [0.29, 0.717) is 24.7 Å². The Morgan fingerprint density at radius 2 is 1.78 bits per heavy atom. The fraction of sp³-hybridized carbons (Fsp3) is 0.154. The molecular formula is C26H25N3O2S. The Kier molecular flexibility index (Phi) is 7.15. The van der Waals surface area contributed by atoms with Gasteiger partial charge in [0.25, 0.3) is 0 Å². The zero-order valence-electron chi connectivity index (χ0n) is 18.1. The summed E-state index contributed by atoms with van der Waals surface area (Å²) in [5, 5.41) is 7.09. The van der Waals surface area contributed by atoms with E-state index in [4.69, 9.17) is 9.47 Å². The van der Waals surface area contributed by atoms with Gasteiger partial charge in [-0.05, 0) is 48.7 Å². The SMILES string of the molecule is CCOc1cc(C=NNc2nc(-c3ccccc3)cs2)ccc1OCc1ccccc1C. The van der Waals surface area contributed by atoms with Crippen LogP contribution in [-0.2, 0) is 6.61 Å². The molecule has 0 aliphatic heterocycles. The monoisotopic (exact) mass is 443 g/mol. The predicted octanol–water partition coefficient (Wildman–Crippen LogP) is 6.54. The molecule has 0 fully saturated rings. The Morgan fingerprint density at radius 1 is 0.969 bits per heavy atom. The van der Waals surface area contributed by atoms with Crippen molar-refractivity contribution in [1.29, 1.82) is 0 Å². The first kappa shape index (κ1) is 21.6. The normalized spacial score (nSPS) is 10.9. The number of nitrogens with one attached hydrogen (secondary N) is 1. The van der Waals surface area contributed by atoms with Crippen LogP contribution in [0.25, 0.3) is 11.3 Å². The van der Waals surface area contributed by atoms with Gasteiger partial charge in [0.15, 0.2) is 11.5 Å². The number of anilines is 1. The van der Waals surface area contributed by atoms with Crippen LogP contribution in [0.2, 0.25) is 0 Å². The Hall–Kier alpha value is -3.64. The van der Waals surface area contributed by atoms with Gasteiger partial charge in [-0.25, -0.2) is 4.98 Å². The van der Waals surface area contributed by atoms with Gasteiger partial charge in [0.05, 0.1) is 18.5 Å². The molecule has 32 heavy (non-hydrogen) atoms. The molecule has 1 heterocycles. The lowest BCUT2D eigenvalue weighted by atomic mass is 10.1. The predicted molar refractivity (Wildman–Crippen MR) is 132 cm³/mol. The molecule has 0 saturated carbocycles. The molecule has 0 saturated heterocycles. The molecule has 0 bridgehead atoms. The van der Waals surface area contributed by atoms with Crippen molar-refractivity contribution >= 4 is 22.7 Å². The second-order valence-electron chi connectivity index (χ2n) is 7.13. The van der Waals surface area contributed by atoms with Crippen molar-refractivity contribution in [2.75, 3.05) is 12.0 Å². The van der Waals surface area contributed by atoms with Gasteiger partial charge in [0, 0.05) is 10.9 Å². The summed E-state index contributed by atoms with van der Waals surface area (Å²) in [5.41, 5.74) is 8.29. The van der Waals surface area contributed by atoms with Crippen LogP contribution in [0.3, 0.4) is 0 Å². The van der Waals surface area contributed by atoms with E-state index in [0.717, 1.165) is 27.5 Å². The van der Waals surface area contributed by atoms with Crippen molar-refractivity contribution in [3.8, 4) is 22.8 Å². The summed E-state index contributed by atoms with van der Waals surface area (Å²) in [7, 11) is 0. The molecule has 0 radical (unpaired) electrons. The highest BCUT2D eigenvalue weighted by Crippen LogP contribution is 2.29. The number of hydrazone groups is 1. The van der Waals surface area contributed by atoms with Crippen molar-refractivity contribution in [1.82, 2.24) is 4.98 Å². The summed E-state index contributed by atoms with van der Waals surface area (Å²) in [5.74, 6) is 1.42. The second-order valence-corrected chi connectivity index (χ2v) is 7.99. The van der Waals surface area contributed by atoms with Crippen LogP contribution in [0.15, 0.2) is 83.3 Å². The molecule has 6 heteroatoms. The van der Waals surface area contributed by atoms with Gasteiger partial charge in [-0.3, -0.25) is 5.43 Å². The average Bonchev–Trinajstić information content (AvgIpc) is 3.29. The van der Waals surface area contributed by atoms with E-state index >= 15 is 0 Å². The van der Waals surface area contributed by atoms with Gasteiger partial charge in [-0.2, -0.15) is 5.10 Å². The lowest BCUT2D eigenvalue weighted by Crippen LogP contribution is -2.01. The van der Waals surface area contributed by atoms with Gasteiger partial charge in [-0.1, -0.05) is 54.6 Å². The molecule has 0 aliphatic rings. The Morgan fingerprint density at radius 3 is 2.59 bits per heavy atom. The van der Waals surface area contributed by atoms with Crippen LogP contribution < -0.4 is 14.9 Å². The number of ether oxygens (including phenoxy) is 2. The maximum atomic E-state index is 6.04. The van der Waals surface area contributed by atoms with Crippen LogP contribution in [-0.4, -0.2) is 17.8 Å². The number of hydrogen-bond donors (Lipinski definition) is 1. The van der Waals surface area contributed by atoms with E-state index in [1.807, 2.05) is 73.0 Å². The minimum absolute atomic E-state index is 0.496. The van der Waals surface area contributed by atoms with Crippen LogP contribution in [0.1, 0.15) is 23.6 Å². The van der Waals surface area contributed by atoms with Crippen molar-refractivity contribution in [3.63, 3.8) is 0 Å². The molecule has 0 spiro atoms. The number of aryl methyl sites for hydroxylation is 1. The molecular weight excluding hydrogens is 418 g/mol. The van der Waals surface area contributed by atoms with Gasteiger partial charge in [0.2, 0.25) is 5.13 Å².